The second-order valence-corrected chi connectivity index (χ2v) is 9.74. The summed E-state index contributed by atoms with van der Waals surface area (Å²) in [6.45, 7) is 7.09. The largest absolute Gasteiger partial charge is 0.444 e. The number of carbonyl (C=O) groups is 2. The lowest BCUT2D eigenvalue weighted by Gasteiger charge is -2.38. The molecule has 3 rings (SSSR count). The van der Waals surface area contributed by atoms with Crippen LogP contribution < -0.4 is 21.9 Å². The first kappa shape index (κ1) is 26.2. The molecule has 190 valence electrons. The van der Waals surface area contributed by atoms with Crippen LogP contribution >= 0.6 is 0 Å². The highest BCUT2D eigenvalue weighted by molar-refractivity contribution is 5.94. The van der Waals surface area contributed by atoms with Gasteiger partial charge in [0.05, 0.1) is 12.1 Å². The molecule has 0 bridgehead atoms. The van der Waals surface area contributed by atoms with E-state index in [1.54, 1.807) is 52.0 Å². The van der Waals surface area contributed by atoms with Crippen LogP contribution in [0.15, 0.2) is 40.1 Å². The molecule has 11 nitrogen and oxygen atoms in total. The molecule has 1 aliphatic carbocycles. The number of carbonyl (C=O) groups excluding carboxylic acids is 2. The Morgan fingerprint density at radius 2 is 1.77 bits per heavy atom. The van der Waals surface area contributed by atoms with Crippen molar-refractivity contribution in [1.82, 2.24) is 20.2 Å². The van der Waals surface area contributed by atoms with Gasteiger partial charge in [0.25, 0.3) is 11.5 Å². The van der Waals surface area contributed by atoms with Gasteiger partial charge < -0.3 is 25.6 Å². The lowest BCUT2D eigenvalue weighted by Crippen LogP contribution is -2.55. The van der Waals surface area contributed by atoms with E-state index in [0.29, 0.717) is 24.0 Å². The van der Waals surface area contributed by atoms with Crippen LogP contribution in [-0.4, -0.2) is 55.6 Å². The fourth-order valence-electron chi connectivity index (χ4n) is 3.97. The van der Waals surface area contributed by atoms with E-state index in [4.69, 9.17) is 4.74 Å². The molecule has 0 radical (unpaired) electrons. The summed E-state index contributed by atoms with van der Waals surface area (Å²) in [5.41, 5.74) is -0.341. The summed E-state index contributed by atoms with van der Waals surface area (Å²) in [7, 11) is 0. The van der Waals surface area contributed by atoms with Crippen molar-refractivity contribution in [2.75, 3.05) is 0 Å². The highest BCUT2D eigenvalue weighted by Gasteiger charge is 2.39. The molecule has 2 amide bonds. The number of hydrogen-bond acceptors (Lipinski definition) is 7. The van der Waals surface area contributed by atoms with Crippen LogP contribution in [0, 0.1) is 6.92 Å². The zero-order valence-electron chi connectivity index (χ0n) is 20.2. The third kappa shape index (κ3) is 6.58. The molecular weight excluding hydrogens is 456 g/mol. The Hall–Kier alpha value is -3.44. The lowest BCUT2D eigenvalue weighted by molar-refractivity contribution is -0.0570. The normalized spacial score (nSPS) is 22.3. The maximum Gasteiger partial charge on any atom is 0.407 e. The SMILES string of the molecule is Cc1cn([C@@H]2CC[C@@H](NC(=O)c3ccc(CNC(=O)OC(C)(C)C)cc3)[C@@H](O)[C@@H]2O)c(=O)[nH]c1=O. The summed E-state index contributed by atoms with van der Waals surface area (Å²) < 4.78 is 6.40. The van der Waals surface area contributed by atoms with Gasteiger partial charge in [0, 0.05) is 23.9 Å². The van der Waals surface area contributed by atoms with Gasteiger partial charge in [-0.15, -0.1) is 0 Å². The molecule has 0 saturated heterocycles. The lowest BCUT2D eigenvalue weighted by atomic mass is 9.85. The van der Waals surface area contributed by atoms with Crippen molar-refractivity contribution in [2.24, 2.45) is 0 Å². The summed E-state index contributed by atoms with van der Waals surface area (Å²) >= 11 is 0. The van der Waals surface area contributed by atoms with Crippen LogP contribution in [-0.2, 0) is 11.3 Å². The van der Waals surface area contributed by atoms with Gasteiger partial charge in [0.2, 0.25) is 0 Å². The number of aliphatic hydroxyl groups is 2. The van der Waals surface area contributed by atoms with E-state index in [-0.39, 0.29) is 6.54 Å². The Morgan fingerprint density at radius 3 is 2.40 bits per heavy atom. The average molecular weight is 489 g/mol. The first-order chi connectivity index (χ1) is 16.4. The first-order valence-electron chi connectivity index (χ1n) is 11.4. The fourth-order valence-corrected chi connectivity index (χ4v) is 3.97. The van der Waals surface area contributed by atoms with Crippen molar-refractivity contribution in [1.29, 1.82) is 0 Å². The van der Waals surface area contributed by atoms with Gasteiger partial charge in [0.1, 0.15) is 17.8 Å². The molecule has 1 aromatic carbocycles. The summed E-state index contributed by atoms with van der Waals surface area (Å²) in [5, 5.41) is 26.6. The number of amides is 2. The number of nitrogens with one attached hydrogen (secondary N) is 3. The fraction of sp³-hybridized carbons (Fsp3) is 0.500. The summed E-state index contributed by atoms with van der Waals surface area (Å²) in [4.78, 5) is 50.5. The molecule has 4 atom stereocenters. The van der Waals surface area contributed by atoms with E-state index < -0.39 is 53.1 Å². The Bertz CT molecular complexity index is 1180. The topological polar surface area (TPSA) is 163 Å². The molecule has 1 aliphatic rings. The van der Waals surface area contributed by atoms with Crippen molar-refractivity contribution >= 4 is 12.0 Å². The summed E-state index contributed by atoms with van der Waals surface area (Å²) in [6, 6.07) is 5.12. The van der Waals surface area contributed by atoms with Gasteiger partial charge in [-0.3, -0.25) is 19.1 Å². The van der Waals surface area contributed by atoms with E-state index in [9.17, 15) is 29.4 Å². The third-order valence-electron chi connectivity index (χ3n) is 5.80. The minimum Gasteiger partial charge on any atom is -0.444 e. The Balaban J connectivity index is 1.59. The standard InChI is InChI=1S/C24H32N4O7/c1-13-12-28(22(33)27-20(13)31)17-10-9-16(18(29)19(17)30)26-21(32)15-7-5-14(6-8-15)11-25-23(34)35-24(2,3)4/h5-8,12,16-19,29-30H,9-11H2,1-4H3,(H,25,34)(H,26,32)(H,27,31,33)/t16-,17-,18-,19-/m1/s1. The van der Waals surface area contributed by atoms with E-state index in [1.807, 2.05) is 0 Å². The zero-order valence-corrected chi connectivity index (χ0v) is 20.2. The molecular formula is C24H32N4O7. The van der Waals surface area contributed by atoms with E-state index in [1.165, 1.54) is 10.8 Å². The number of aryl methyl sites for hydroxylation is 1. The van der Waals surface area contributed by atoms with Crippen LogP contribution in [0.3, 0.4) is 0 Å². The maximum absolute atomic E-state index is 12.7. The van der Waals surface area contributed by atoms with E-state index in [2.05, 4.69) is 15.6 Å². The van der Waals surface area contributed by atoms with Gasteiger partial charge in [0.15, 0.2) is 0 Å². The van der Waals surface area contributed by atoms with Crippen LogP contribution in [0.5, 0.6) is 0 Å². The average Bonchev–Trinajstić information content (AvgIpc) is 2.77. The number of alkyl carbamates (subject to hydrolysis) is 1. The molecule has 1 saturated carbocycles. The predicted octanol–water partition coefficient (Wildman–Crippen LogP) is 0.725. The highest BCUT2D eigenvalue weighted by atomic mass is 16.6. The van der Waals surface area contributed by atoms with Gasteiger partial charge in [-0.2, -0.15) is 0 Å². The molecule has 1 heterocycles. The molecule has 0 unspecified atom stereocenters. The van der Waals surface area contributed by atoms with Crippen molar-refractivity contribution in [3.63, 3.8) is 0 Å². The number of H-pyrrole nitrogens is 1. The van der Waals surface area contributed by atoms with Crippen LogP contribution in [0.1, 0.15) is 61.1 Å². The Labute approximate surface area is 202 Å². The van der Waals surface area contributed by atoms with Gasteiger partial charge in [-0.05, 0) is 58.2 Å². The molecule has 1 aromatic heterocycles. The Morgan fingerprint density at radius 1 is 1.11 bits per heavy atom. The molecule has 35 heavy (non-hydrogen) atoms. The second kappa shape index (κ2) is 10.4. The molecule has 2 aromatic rings. The second-order valence-electron chi connectivity index (χ2n) is 9.74. The summed E-state index contributed by atoms with van der Waals surface area (Å²) in [6.07, 6.45) is -1.19. The van der Waals surface area contributed by atoms with Gasteiger partial charge in [-0.1, -0.05) is 12.1 Å². The monoisotopic (exact) mass is 488 g/mol. The smallest absolute Gasteiger partial charge is 0.407 e. The number of nitrogens with zero attached hydrogens (tertiary/aromatic N) is 1. The molecule has 0 aliphatic heterocycles. The predicted molar refractivity (Wildman–Crippen MR) is 127 cm³/mol. The van der Waals surface area contributed by atoms with Crippen LogP contribution in [0.4, 0.5) is 4.79 Å². The third-order valence-corrected chi connectivity index (χ3v) is 5.80. The number of hydrogen-bond donors (Lipinski definition) is 5. The quantitative estimate of drug-likeness (QED) is 0.414. The number of aliphatic hydroxyl groups excluding tert-OH is 2. The molecule has 5 N–H and O–H groups in total. The van der Waals surface area contributed by atoms with Gasteiger partial charge >= 0.3 is 11.8 Å². The minimum atomic E-state index is -1.32. The number of ether oxygens (including phenoxy) is 1. The Kier molecular flexibility index (Phi) is 7.81. The van der Waals surface area contributed by atoms with Crippen molar-refractivity contribution in [3.05, 3.63) is 68.0 Å². The number of benzene rings is 1. The maximum atomic E-state index is 12.7. The molecule has 11 heteroatoms. The van der Waals surface area contributed by atoms with E-state index in [0.717, 1.165) is 5.56 Å². The summed E-state index contributed by atoms with van der Waals surface area (Å²) in [5.74, 6) is -0.427. The van der Waals surface area contributed by atoms with Gasteiger partial charge in [-0.25, -0.2) is 9.59 Å². The number of aromatic amines is 1. The minimum absolute atomic E-state index is 0.231. The highest BCUT2D eigenvalue weighted by Crippen LogP contribution is 2.28. The molecule has 1 fully saturated rings. The number of aromatic nitrogens is 2. The van der Waals surface area contributed by atoms with Crippen LogP contribution in [0.2, 0.25) is 0 Å². The van der Waals surface area contributed by atoms with Crippen molar-refractivity contribution in [2.45, 2.75) is 77.0 Å². The van der Waals surface area contributed by atoms with Crippen LogP contribution in [0.25, 0.3) is 0 Å². The number of rotatable bonds is 5. The van der Waals surface area contributed by atoms with E-state index >= 15 is 0 Å². The van der Waals surface area contributed by atoms with Crippen molar-refractivity contribution < 1.29 is 24.5 Å². The zero-order chi connectivity index (χ0) is 25.9. The molecule has 0 spiro atoms. The van der Waals surface area contributed by atoms with Crippen molar-refractivity contribution in [3.8, 4) is 0 Å². The first-order valence-corrected chi connectivity index (χ1v) is 11.4.